The Morgan fingerprint density at radius 3 is 2.43 bits per heavy atom. The van der Waals surface area contributed by atoms with E-state index in [-0.39, 0.29) is 12.5 Å². The van der Waals surface area contributed by atoms with Gasteiger partial charge in [-0.2, -0.15) is 0 Å². The Kier molecular flexibility index (Phi) is 8.92. The SMILES string of the molecule is Cc1cn(C(=O)OC(C)(C)C)c2ncc(-c3cc4c(c([C@@H]5COCCN5C(=O)OC(C)(C)C)c3)CN(CS(=O)[O-])CC4)cc12. The van der Waals surface area contributed by atoms with Gasteiger partial charge in [-0.1, -0.05) is 6.07 Å². The van der Waals surface area contributed by atoms with Crippen molar-refractivity contribution < 1.29 is 32.6 Å². The zero-order valence-electron chi connectivity index (χ0n) is 26.5. The maximum Gasteiger partial charge on any atom is 0.420 e. The summed E-state index contributed by atoms with van der Waals surface area (Å²) in [6, 6.07) is 5.77. The van der Waals surface area contributed by atoms with Crippen LogP contribution in [0, 0.1) is 6.92 Å². The van der Waals surface area contributed by atoms with E-state index in [1.54, 1.807) is 17.3 Å². The van der Waals surface area contributed by atoms with Crippen molar-refractivity contribution in [2.24, 2.45) is 0 Å². The van der Waals surface area contributed by atoms with E-state index < -0.39 is 40.5 Å². The summed E-state index contributed by atoms with van der Waals surface area (Å²) in [7, 11) is 0. The minimum atomic E-state index is -2.21. The summed E-state index contributed by atoms with van der Waals surface area (Å²) in [4.78, 5) is 34.6. The normalized spacial score (nSPS) is 18.6. The van der Waals surface area contributed by atoms with Gasteiger partial charge in [0.15, 0.2) is 0 Å². The molecule has 2 aliphatic heterocycles. The lowest BCUT2D eigenvalue weighted by Gasteiger charge is -2.39. The Morgan fingerprint density at radius 1 is 1.05 bits per heavy atom. The Balaban J connectivity index is 1.59. The summed E-state index contributed by atoms with van der Waals surface area (Å²) in [6.07, 6.45) is 3.22. The summed E-state index contributed by atoms with van der Waals surface area (Å²) >= 11 is -2.21. The fourth-order valence-corrected chi connectivity index (χ4v) is 6.27. The lowest BCUT2D eigenvalue weighted by atomic mass is 9.87. The van der Waals surface area contributed by atoms with Gasteiger partial charge >= 0.3 is 12.2 Å². The quantitative estimate of drug-likeness (QED) is 0.355. The fraction of sp³-hybridized carbons (Fsp3) is 0.531. The summed E-state index contributed by atoms with van der Waals surface area (Å²) in [6.45, 7) is 15.0. The second-order valence-corrected chi connectivity index (χ2v) is 14.3. The standard InChI is InChI=1S/C32H42N4O7S/c1-20-16-36(30(38)43-32(5,6)7)28-24(20)14-23(15-33-28)22-12-21-8-9-34(19-44(39)40)17-26(21)25(13-22)27-18-41-11-10-35(27)29(37)42-31(2,3)4/h12-16,27H,8-11,17-19H2,1-7H3,(H,39,40)/p-1/t27-/m0/s1. The fourth-order valence-electron chi connectivity index (χ4n) is 5.75. The number of carbonyl (C=O) groups excluding carboxylic acids is 2. The summed E-state index contributed by atoms with van der Waals surface area (Å²) in [5.41, 5.74) is 4.84. The van der Waals surface area contributed by atoms with Crippen molar-refractivity contribution in [2.45, 2.75) is 78.7 Å². The number of aryl methyl sites for hydroxylation is 1. The Labute approximate surface area is 260 Å². The van der Waals surface area contributed by atoms with Gasteiger partial charge < -0.3 is 18.8 Å². The second-order valence-electron chi connectivity index (χ2n) is 13.5. The molecule has 2 atom stereocenters. The molecule has 2 aromatic heterocycles. The van der Waals surface area contributed by atoms with Crippen molar-refractivity contribution in [1.82, 2.24) is 19.4 Å². The van der Waals surface area contributed by atoms with Crippen LogP contribution >= 0.6 is 0 Å². The highest BCUT2D eigenvalue weighted by molar-refractivity contribution is 7.79. The van der Waals surface area contributed by atoms with Gasteiger partial charge in [0.2, 0.25) is 0 Å². The lowest BCUT2D eigenvalue weighted by Crippen LogP contribution is -2.46. The minimum absolute atomic E-state index is 0.0634. The van der Waals surface area contributed by atoms with Crippen LogP contribution in [0.25, 0.3) is 22.2 Å². The molecule has 2 aliphatic rings. The van der Waals surface area contributed by atoms with E-state index in [1.807, 2.05) is 59.4 Å². The third-order valence-electron chi connectivity index (χ3n) is 7.63. The van der Waals surface area contributed by atoms with Gasteiger partial charge in [0.1, 0.15) is 16.8 Å². The summed E-state index contributed by atoms with van der Waals surface area (Å²) in [5.74, 6) is -0.0634. The number of amides is 1. The van der Waals surface area contributed by atoms with Gasteiger partial charge in [0, 0.05) is 43.0 Å². The lowest BCUT2D eigenvalue weighted by molar-refractivity contribution is -0.0334. The molecule has 0 spiro atoms. The molecule has 0 aliphatic carbocycles. The van der Waals surface area contributed by atoms with Crippen molar-refractivity contribution in [2.75, 3.05) is 32.2 Å². The molecule has 1 unspecified atom stereocenters. The van der Waals surface area contributed by atoms with E-state index in [1.165, 1.54) is 4.57 Å². The van der Waals surface area contributed by atoms with Crippen molar-refractivity contribution in [1.29, 1.82) is 0 Å². The summed E-state index contributed by atoms with van der Waals surface area (Å²) < 4.78 is 41.8. The maximum absolute atomic E-state index is 13.4. The number of ether oxygens (including phenoxy) is 3. The van der Waals surface area contributed by atoms with E-state index in [2.05, 4.69) is 17.1 Å². The Morgan fingerprint density at radius 2 is 1.75 bits per heavy atom. The Bertz CT molecular complexity index is 1600. The molecule has 0 bridgehead atoms. The first-order chi connectivity index (χ1) is 20.6. The van der Waals surface area contributed by atoms with Crippen molar-refractivity contribution >= 4 is 34.3 Å². The molecule has 3 aromatic rings. The van der Waals surface area contributed by atoms with E-state index in [4.69, 9.17) is 14.2 Å². The number of nitrogens with zero attached hydrogens (tertiary/aromatic N) is 4. The van der Waals surface area contributed by atoms with E-state index in [0.29, 0.717) is 38.3 Å². The number of pyridine rings is 1. The zero-order valence-corrected chi connectivity index (χ0v) is 27.3. The van der Waals surface area contributed by atoms with E-state index in [9.17, 15) is 18.4 Å². The number of hydrogen-bond donors (Lipinski definition) is 0. The average molecular weight is 626 g/mol. The number of fused-ring (bicyclic) bond motifs is 2. The van der Waals surface area contributed by atoms with Crippen LogP contribution in [0.2, 0.25) is 0 Å². The predicted octanol–water partition coefficient (Wildman–Crippen LogP) is 5.30. The third-order valence-corrected chi connectivity index (χ3v) is 8.20. The van der Waals surface area contributed by atoms with Gasteiger partial charge in [0.05, 0.1) is 25.1 Å². The second kappa shape index (κ2) is 12.2. The molecule has 12 heteroatoms. The molecular formula is C32H41N4O7S-. The maximum atomic E-state index is 13.4. The molecule has 1 aromatic carbocycles. The van der Waals surface area contributed by atoms with E-state index in [0.717, 1.165) is 38.8 Å². The minimum Gasteiger partial charge on any atom is -0.771 e. The molecular weight excluding hydrogens is 584 g/mol. The molecule has 5 rings (SSSR count). The molecule has 44 heavy (non-hydrogen) atoms. The molecule has 0 radical (unpaired) electrons. The first kappa shape index (κ1) is 32.1. The Hall–Kier alpha value is -3.32. The summed E-state index contributed by atoms with van der Waals surface area (Å²) in [5, 5.41) is 0.827. The van der Waals surface area contributed by atoms with Crippen LogP contribution in [-0.4, -0.2) is 83.7 Å². The number of aromatic nitrogens is 2. The molecule has 238 valence electrons. The van der Waals surface area contributed by atoms with Crippen LogP contribution in [0.3, 0.4) is 0 Å². The van der Waals surface area contributed by atoms with Gasteiger partial charge in [-0.15, -0.1) is 0 Å². The number of benzene rings is 1. The molecule has 4 heterocycles. The van der Waals surface area contributed by atoms with Crippen LogP contribution in [-0.2, 0) is 38.3 Å². The average Bonchev–Trinajstić information content (AvgIpc) is 3.26. The van der Waals surface area contributed by atoms with Crippen molar-refractivity contribution in [3.63, 3.8) is 0 Å². The number of morpholine rings is 1. The number of rotatable bonds is 4. The largest absolute Gasteiger partial charge is 0.771 e. The topological polar surface area (TPSA) is 126 Å². The molecule has 1 saturated heterocycles. The van der Waals surface area contributed by atoms with Gasteiger partial charge in [-0.3, -0.25) is 14.0 Å². The smallest absolute Gasteiger partial charge is 0.420 e. The van der Waals surface area contributed by atoms with Crippen LogP contribution in [0.1, 0.15) is 69.8 Å². The van der Waals surface area contributed by atoms with Crippen LogP contribution in [0.4, 0.5) is 9.59 Å². The van der Waals surface area contributed by atoms with Crippen LogP contribution in [0.5, 0.6) is 0 Å². The molecule has 0 N–H and O–H groups in total. The first-order valence-corrected chi connectivity index (χ1v) is 16.1. The monoisotopic (exact) mass is 625 g/mol. The predicted molar refractivity (Wildman–Crippen MR) is 166 cm³/mol. The third kappa shape index (κ3) is 7.14. The van der Waals surface area contributed by atoms with Gasteiger partial charge in [0.25, 0.3) is 0 Å². The highest BCUT2D eigenvalue weighted by Crippen LogP contribution is 2.37. The number of carbonyl (C=O) groups is 2. The van der Waals surface area contributed by atoms with Crippen LogP contribution in [0.15, 0.2) is 30.6 Å². The highest BCUT2D eigenvalue weighted by atomic mass is 32.2. The van der Waals surface area contributed by atoms with Gasteiger partial charge in [-0.25, -0.2) is 19.1 Å². The van der Waals surface area contributed by atoms with Crippen molar-refractivity contribution in [3.05, 3.63) is 52.8 Å². The van der Waals surface area contributed by atoms with Crippen molar-refractivity contribution in [3.8, 4) is 11.1 Å². The number of hydrogen-bond acceptors (Lipinski definition) is 9. The molecule has 1 amide bonds. The molecule has 11 nitrogen and oxygen atoms in total. The molecule has 0 saturated carbocycles. The molecule has 1 fully saturated rings. The highest BCUT2D eigenvalue weighted by Gasteiger charge is 2.35. The zero-order chi connectivity index (χ0) is 32.0. The van der Waals surface area contributed by atoms with Gasteiger partial charge in [-0.05, 0) is 106 Å². The first-order valence-electron chi connectivity index (χ1n) is 14.8. The van der Waals surface area contributed by atoms with E-state index >= 15 is 0 Å². The van der Waals surface area contributed by atoms with Crippen LogP contribution < -0.4 is 0 Å².